The molecule has 0 spiro atoms. The maximum atomic E-state index is 5.69. The molecule has 0 aliphatic rings. The van der Waals surface area contributed by atoms with E-state index in [4.69, 9.17) is 10.5 Å². The van der Waals surface area contributed by atoms with Gasteiger partial charge in [0.25, 0.3) is 0 Å². The first-order valence-electron chi connectivity index (χ1n) is 3.22. The van der Waals surface area contributed by atoms with Crippen LogP contribution in [0.1, 0.15) is 11.7 Å². The second-order valence-corrected chi connectivity index (χ2v) is 2.19. The molecule has 1 aromatic rings. The molecule has 10 heavy (non-hydrogen) atoms. The summed E-state index contributed by atoms with van der Waals surface area (Å²) in [7, 11) is 1.64. The van der Waals surface area contributed by atoms with Gasteiger partial charge in [-0.15, -0.1) is 0 Å². The molecule has 0 saturated carbocycles. The lowest BCUT2D eigenvalue weighted by Gasteiger charge is -2.06. The molecule has 1 heterocycles. The average Bonchev–Trinajstić information content (AvgIpc) is 2.38. The van der Waals surface area contributed by atoms with Gasteiger partial charge in [0, 0.05) is 19.0 Å². The van der Waals surface area contributed by atoms with Crippen LogP contribution in [0.4, 0.5) is 0 Å². The summed E-state index contributed by atoms with van der Waals surface area (Å²) in [6.07, 6.45) is 1.85. The number of aromatic amines is 1. The van der Waals surface area contributed by atoms with Crippen molar-refractivity contribution in [2.45, 2.75) is 6.04 Å². The van der Waals surface area contributed by atoms with E-state index in [-0.39, 0.29) is 6.04 Å². The second kappa shape index (κ2) is 3.39. The van der Waals surface area contributed by atoms with Crippen molar-refractivity contribution in [1.82, 2.24) is 4.98 Å². The van der Waals surface area contributed by atoms with E-state index in [9.17, 15) is 0 Å². The van der Waals surface area contributed by atoms with E-state index in [0.717, 1.165) is 5.69 Å². The Morgan fingerprint density at radius 3 is 3.10 bits per heavy atom. The van der Waals surface area contributed by atoms with Gasteiger partial charge >= 0.3 is 0 Å². The predicted molar refractivity (Wildman–Crippen MR) is 39.6 cm³/mol. The van der Waals surface area contributed by atoms with Crippen molar-refractivity contribution >= 4 is 0 Å². The minimum Gasteiger partial charge on any atom is -0.383 e. The van der Waals surface area contributed by atoms with Gasteiger partial charge in [-0.1, -0.05) is 0 Å². The topological polar surface area (TPSA) is 51.0 Å². The van der Waals surface area contributed by atoms with Crippen LogP contribution in [0.2, 0.25) is 0 Å². The SMILES string of the molecule is COC[C@H](N)c1ccc[nH]1. The molecule has 3 heteroatoms. The van der Waals surface area contributed by atoms with Crippen LogP contribution in [0.25, 0.3) is 0 Å². The molecule has 0 radical (unpaired) electrons. The Hall–Kier alpha value is -0.800. The lowest BCUT2D eigenvalue weighted by molar-refractivity contribution is 0.180. The predicted octanol–water partition coefficient (Wildman–Crippen LogP) is 0.661. The van der Waals surface area contributed by atoms with Crippen molar-refractivity contribution in [3.63, 3.8) is 0 Å². The van der Waals surface area contributed by atoms with Gasteiger partial charge in [0.15, 0.2) is 0 Å². The first kappa shape index (κ1) is 7.31. The van der Waals surface area contributed by atoms with Crippen molar-refractivity contribution in [3.05, 3.63) is 24.0 Å². The molecule has 0 aromatic carbocycles. The summed E-state index contributed by atoms with van der Waals surface area (Å²) in [5, 5.41) is 0. The van der Waals surface area contributed by atoms with Crippen LogP contribution < -0.4 is 5.73 Å². The van der Waals surface area contributed by atoms with Crippen LogP contribution in [0, 0.1) is 0 Å². The third kappa shape index (κ3) is 1.59. The van der Waals surface area contributed by atoms with Gasteiger partial charge in [-0.3, -0.25) is 0 Å². The molecule has 56 valence electrons. The Kier molecular flexibility index (Phi) is 2.48. The van der Waals surface area contributed by atoms with E-state index in [1.807, 2.05) is 18.3 Å². The van der Waals surface area contributed by atoms with E-state index in [2.05, 4.69) is 4.98 Å². The first-order valence-corrected chi connectivity index (χ1v) is 3.22. The quantitative estimate of drug-likeness (QED) is 0.648. The van der Waals surface area contributed by atoms with Gasteiger partial charge in [0.2, 0.25) is 0 Å². The van der Waals surface area contributed by atoms with E-state index < -0.39 is 0 Å². The van der Waals surface area contributed by atoms with Crippen molar-refractivity contribution in [3.8, 4) is 0 Å². The number of methoxy groups -OCH3 is 1. The molecule has 0 aliphatic heterocycles. The minimum atomic E-state index is -0.0278. The van der Waals surface area contributed by atoms with Crippen LogP contribution in [0.3, 0.4) is 0 Å². The molecule has 3 N–H and O–H groups in total. The van der Waals surface area contributed by atoms with Crippen LogP contribution in [0.15, 0.2) is 18.3 Å². The van der Waals surface area contributed by atoms with Gasteiger partial charge in [-0.05, 0) is 12.1 Å². The van der Waals surface area contributed by atoms with Gasteiger partial charge in [-0.2, -0.15) is 0 Å². The fourth-order valence-corrected chi connectivity index (χ4v) is 0.844. The monoisotopic (exact) mass is 140 g/mol. The summed E-state index contributed by atoms with van der Waals surface area (Å²) < 4.78 is 4.88. The zero-order chi connectivity index (χ0) is 7.40. The summed E-state index contributed by atoms with van der Waals surface area (Å²) in [4.78, 5) is 3.02. The lowest BCUT2D eigenvalue weighted by atomic mass is 10.2. The molecular weight excluding hydrogens is 128 g/mol. The van der Waals surface area contributed by atoms with Crippen molar-refractivity contribution in [1.29, 1.82) is 0 Å². The molecule has 3 nitrogen and oxygen atoms in total. The molecule has 1 atom stereocenters. The normalized spacial score (nSPS) is 13.4. The molecular formula is C7H12N2O. The first-order chi connectivity index (χ1) is 4.84. The number of nitrogens with one attached hydrogen (secondary N) is 1. The molecule has 1 rings (SSSR count). The van der Waals surface area contributed by atoms with Crippen LogP contribution in [-0.4, -0.2) is 18.7 Å². The fourth-order valence-electron chi connectivity index (χ4n) is 0.844. The Morgan fingerprint density at radius 2 is 2.60 bits per heavy atom. The number of aromatic nitrogens is 1. The van der Waals surface area contributed by atoms with Crippen molar-refractivity contribution in [2.24, 2.45) is 5.73 Å². The molecule has 0 aliphatic carbocycles. The number of hydrogen-bond acceptors (Lipinski definition) is 2. The Balaban J connectivity index is 2.50. The highest BCUT2D eigenvalue weighted by Crippen LogP contribution is 2.05. The van der Waals surface area contributed by atoms with Crippen molar-refractivity contribution in [2.75, 3.05) is 13.7 Å². The Morgan fingerprint density at radius 1 is 1.80 bits per heavy atom. The lowest BCUT2D eigenvalue weighted by Crippen LogP contribution is -2.16. The number of hydrogen-bond donors (Lipinski definition) is 2. The average molecular weight is 140 g/mol. The summed E-state index contributed by atoms with van der Waals surface area (Å²) in [6, 6.07) is 3.84. The van der Waals surface area contributed by atoms with E-state index >= 15 is 0 Å². The highest BCUT2D eigenvalue weighted by Gasteiger charge is 2.03. The molecule has 0 fully saturated rings. The smallest absolute Gasteiger partial charge is 0.0685 e. The van der Waals surface area contributed by atoms with Gasteiger partial charge in [0.05, 0.1) is 12.6 Å². The number of ether oxygens (including phenoxy) is 1. The maximum absolute atomic E-state index is 5.69. The van der Waals surface area contributed by atoms with E-state index in [1.54, 1.807) is 7.11 Å². The number of nitrogens with two attached hydrogens (primary N) is 1. The Labute approximate surface area is 60.2 Å². The molecule has 0 unspecified atom stereocenters. The summed E-state index contributed by atoms with van der Waals surface area (Å²) in [5.74, 6) is 0. The van der Waals surface area contributed by atoms with E-state index in [1.165, 1.54) is 0 Å². The number of H-pyrrole nitrogens is 1. The largest absolute Gasteiger partial charge is 0.383 e. The summed E-state index contributed by atoms with van der Waals surface area (Å²) >= 11 is 0. The highest BCUT2D eigenvalue weighted by atomic mass is 16.5. The van der Waals surface area contributed by atoms with Crippen LogP contribution in [0.5, 0.6) is 0 Å². The highest BCUT2D eigenvalue weighted by molar-refractivity contribution is 5.08. The van der Waals surface area contributed by atoms with Gasteiger partial charge < -0.3 is 15.5 Å². The summed E-state index contributed by atoms with van der Waals surface area (Å²) in [5.41, 5.74) is 6.71. The molecule has 0 amide bonds. The number of rotatable bonds is 3. The standard InChI is InChI=1S/C7H12N2O/c1-10-5-6(8)7-3-2-4-9-7/h2-4,6,9H,5,8H2,1H3/t6-/m0/s1. The summed E-state index contributed by atoms with van der Waals surface area (Å²) in [6.45, 7) is 0.556. The molecule has 0 bridgehead atoms. The molecule has 0 saturated heterocycles. The third-order valence-corrected chi connectivity index (χ3v) is 1.37. The van der Waals surface area contributed by atoms with Gasteiger partial charge in [0.1, 0.15) is 0 Å². The third-order valence-electron chi connectivity index (χ3n) is 1.37. The Bertz CT molecular complexity index is 172. The zero-order valence-electron chi connectivity index (χ0n) is 6.00. The molecule has 1 aromatic heterocycles. The van der Waals surface area contributed by atoms with Crippen molar-refractivity contribution < 1.29 is 4.74 Å². The van der Waals surface area contributed by atoms with Crippen LogP contribution in [-0.2, 0) is 4.74 Å². The zero-order valence-corrected chi connectivity index (χ0v) is 6.00. The second-order valence-electron chi connectivity index (χ2n) is 2.19. The fraction of sp³-hybridized carbons (Fsp3) is 0.429. The minimum absolute atomic E-state index is 0.0278. The maximum Gasteiger partial charge on any atom is 0.0685 e. The van der Waals surface area contributed by atoms with Crippen LogP contribution >= 0.6 is 0 Å². The van der Waals surface area contributed by atoms with E-state index in [0.29, 0.717) is 6.61 Å². The van der Waals surface area contributed by atoms with Gasteiger partial charge in [-0.25, -0.2) is 0 Å².